The third kappa shape index (κ3) is 1.74. The van der Waals surface area contributed by atoms with Crippen LogP contribution in [0.2, 0.25) is 0 Å². The van der Waals surface area contributed by atoms with Crippen molar-refractivity contribution in [1.82, 2.24) is 14.9 Å². The molecule has 2 aromatic rings. The highest BCUT2D eigenvalue weighted by Crippen LogP contribution is 2.21. The number of pyridine rings is 2. The van der Waals surface area contributed by atoms with Crippen LogP contribution in [0.1, 0.15) is 30.3 Å². The minimum atomic E-state index is 0.00398. The largest absolute Gasteiger partial charge is 0.335 e. The zero-order valence-corrected chi connectivity index (χ0v) is 10.3. The van der Waals surface area contributed by atoms with Gasteiger partial charge in [-0.15, -0.1) is 0 Å². The lowest BCUT2D eigenvalue weighted by Crippen LogP contribution is -2.34. The summed E-state index contributed by atoms with van der Waals surface area (Å²) in [5.74, 6) is 0.00398. The van der Waals surface area contributed by atoms with Crippen molar-refractivity contribution in [2.24, 2.45) is 0 Å². The first kappa shape index (κ1) is 11.1. The summed E-state index contributed by atoms with van der Waals surface area (Å²) in [6.07, 6.45) is 5.53. The van der Waals surface area contributed by atoms with E-state index < -0.39 is 0 Å². The van der Waals surface area contributed by atoms with Crippen LogP contribution in [0, 0.1) is 0 Å². The molecule has 1 aliphatic heterocycles. The van der Waals surface area contributed by atoms with E-state index >= 15 is 0 Å². The van der Waals surface area contributed by atoms with Crippen LogP contribution < -0.4 is 0 Å². The minimum Gasteiger partial charge on any atom is -0.335 e. The van der Waals surface area contributed by atoms with Crippen LogP contribution in [0.4, 0.5) is 0 Å². The van der Waals surface area contributed by atoms with Crippen molar-refractivity contribution in [1.29, 1.82) is 0 Å². The maximum atomic E-state index is 12.5. The molecule has 0 bridgehead atoms. The molecule has 0 saturated carbocycles. The molecule has 18 heavy (non-hydrogen) atoms. The maximum absolute atomic E-state index is 12.5. The van der Waals surface area contributed by atoms with Gasteiger partial charge in [-0.25, -0.2) is 4.98 Å². The molecule has 0 spiro atoms. The second-order valence-corrected chi connectivity index (χ2v) is 4.72. The molecule has 1 atom stereocenters. The first-order valence-corrected chi connectivity index (χ1v) is 6.28. The Morgan fingerprint density at radius 3 is 3.00 bits per heavy atom. The third-order valence-corrected chi connectivity index (χ3v) is 3.54. The number of nitrogens with zero attached hydrogens (tertiary/aromatic N) is 3. The highest BCUT2D eigenvalue weighted by atomic mass is 16.2. The van der Waals surface area contributed by atoms with Gasteiger partial charge in [0.1, 0.15) is 5.52 Å². The van der Waals surface area contributed by atoms with E-state index in [2.05, 4.69) is 16.9 Å². The molecule has 1 fully saturated rings. The molecule has 1 amide bonds. The topological polar surface area (TPSA) is 46.1 Å². The molecule has 4 nitrogen and oxygen atoms in total. The molecule has 1 saturated heterocycles. The standard InChI is InChI=1S/C14H15N3O/c1-10-4-3-9-17(10)14(18)13-12-11(6-8-16-13)5-2-7-15-12/h2,5-8,10H,3-4,9H2,1H3/t10-/m1/s1. The van der Waals surface area contributed by atoms with Crippen molar-refractivity contribution in [2.75, 3.05) is 6.54 Å². The fourth-order valence-corrected chi connectivity index (χ4v) is 2.53. The summed E-state index contributed by atoms with van der Waals surface area (Å²) in [5, 5.41) is 0.961. The van der Waals surface area contributed by atoms with E-state index in [4.69, 9.17) is 0 Å². The summed E-state index contributed by atoms with van der Waals surface area (Å²) < 4.78 is 0. The van der Waals surface area contributed by atoms with Gasteiger partial charge >= 0.3 is 0 Å². The summed E-state index contributed by atoms with van der Waals surface area (Å²) in [5.41, 5.74) is 1.17. The van der Waals surface area contributed by atoms with Gasteiger partial charge < -0.3 is 4.90 Å². The van der Waals surface area contributed by atoms with E-state index in [1.54, 1.807) is 12.4 Å². The summed E-state index contributed by atoms with van der Waals surface area (Å²) in [6, 6.07) is 6.01. The zero-order valence-electron chi connectivity index (χ0n) is 10.3. The Morgan fingerprint density at radius 1 is 1.33 bits per heavy atom. The number of carbonyl (C=O) groups is 1. The van der Waals surface area contributed by atoms with E-state index in [1.807, 2.05) is 23.1 Å². The Balaban J connectivity index is 2.06. The predicted octanol–water partition coefficient (Wildman–Crippen LogP) is 2.25. The fraction of sp³-hybridized carbons (Fsp3) is 0.357. The highest BCUT2D eigenvalue weighted by Gasteiger charge is 2.28. The fourth-order valence-electron chi connectivity index (χ4n) is 2.53. The van der Waals surface area contributed by atoms with E-state index in [-0.39, 0.29) is 5.91 Å². The number of amides is 1. The van der Waals surface area contributed by atoms with Crippen molar-refractivity contribution < 1.29 is 4.79 Å². The Morgan fingerprint density at radius 2 is 2.22 bits per heavy atom. The SMILES string of the molecule is C[C@@H]1CCCN1C(=O)c1nccc2cccnc12. The summed E-state index contributed by atoms with van der Waals surface area (Å²) in [4.78, 5) is 22.9. The second-order valence-electron chi connectivity index (χ2n) is 4.72. The van der Waals surface area contributed by atoms with Gasteiger partial charge in [-0.05, 0) is 31.9 Å². The first-order valence-electron chi connectivity index (χ1n) is 6.28. The van der Waals surface area contributed by atoms with Gasteiger partial charge in [0.05, 0.1) is 0 Å². The smallest absolute Gasteiger partial charge is 0.274 e. The van der Waals surface area contributed by atoms with Crippen molar-refractivity contribution in [3.05, 3.63) is 36.3 Å². The second kappa shape index (κ2) is 4.37. The number of likely N-dealkylation sites (tertiary alicyclic amines) is 1. The molecule has 3 rings (SSSR count). The van der Waals surface area contributed by atoms with Crippen LogP contribution in [0.15, 0.2) is 30.6 Å². The van der Waals surface area contributed by atoms with Gasteiger partial charge in [0.25, 0.3) is 5.91 Å². The quantitative estimate of drug-likeness (QED) is 0.769. The molecule has 4 heteroatoms. The van der Waals surface area contributed by atoms with Gasteiger partial charge in [0, 0.05) is 30.4 Å². The predicted molar refractivity (Wildman–Crippen MR) is 69.3 cm³/mol. The lowest BCUT2D eigenvalue weighted by Gasteiger charge is -2.21. The summed E-state index contributed by atoms with van der Waals surface area (Å²) in [7, 11) is 0. The Labute approximate surface area is 106 Å². The average molecular weight is 241 g/mol. The zero-order chi connectivity index (χ0) is 12.5. The monoisotopic (exact) mass is 241 g/mol. The summed E-state index contributed by atoms with van der Waals surface area (Å²) in [6.45, 7) is 2.91. The lowest BCUT2D eigenvalue weighted by molar-refractivity contribution is 0.0743. The Kier molecular flexibility index (Phi) is 2.70. The minimum absolute atomic E-state index is 0.00398. The molecular weight excluding hydrogens is 226 g/mol. The normalized spacial score (nSPS) is 19.4. The number of carbonyl (C=O) groups excluding carboxylic acids is 1. The molecular formula is C14H15N3O. The van der Waals surface area contributed by atoms with Gasteiger partial charge in [-0.1, -0.05) is 6.07 Å². The van der Waals surface area contributed by atoms with Gasteiger partial charge in [-0.2, -0.15) is 0 Å². The lowest BCUT2D eigenvalue weighted by atomic mass is 10.2. The van der Waals surface area contributed by atoms with E-state index in [0.29, 0.717) is 17.3 Å². The maximum Gasteiger partial charge on any atom is 0.274 e. The molecule has 2 aromatic heterocycles. The van der Waals surface area contributed by atoms with Crippen molar-refractivity contribution in [3.8, 4) is 0 Å². The van der Waals surface area contributed by atoms with Crippen LogP contribution in [-0.4, -0.2) is 33.4 Å². The molecule has 3 heterocycles. The van der Waals surface area contributed by atoms with Crippen LogP contribution >= 0.6 is 0 Å². The van der Waals surface area contributed by atoms with Crippen LogP contribution in [0.5, 0.6) is 0 Å². The van der Waals surface area contributed by atoms with Crippen LogP contribution in [0.25, 0.3) is 10.9 Å². The number of hydrogen-bond donors (Lipinski definition) is 0. The van der Waals surface area contributed by atoms with Gasteiger partial charge in [0.2, 0.25) is 0 Å². The number of aromatic nitrogens is 2. The molecule has 92 valence electrons. The number of rotatable bonds is 1. The van der Waals surface area contributed by atoms with Gasteiger partial charge in [-0.3, -0.25) is 9.78 Å². The third-order valence-electron chi connectivity index (χ3n) is 3.54. The molecule has 0 radical (unpaired) electrons. The van der Waals surface area contributed by atoms with Gasteiger partial charge in [0.15, 0.2) is 5.69 Å². The molecule has 0 aliphatic carbocycles. The summed E-state index contributed by atoms with van der Waals surface area (Å²) >= 11 is 0. The van der Waals surface area contributed by atoms with Crippen LogP contribution in [0.3, 0.4) is 0 Å². The molecule has 0 N–H and O–H groups in total. The van der Waals surface area contributed by atoms with Crippen LogP contribution in [-0.2, 0) is 0 Å². The number of hydrogen-bond acceptors (Lipinski definition) is 3. The molecule has 0 aromatic carbocycles. The van der Waals surface area contributed by atoms with Crippen molar-refractivity contribution in [2.45, 2.75) is 25.8 Å². The van der Waals surface area contributed by atoms with Crippen molar-refractivity contribution >= 4 is 16.8 Å². The van der Waals surface area contributed by atoms with Crippen molar-refractivity contribution in [3.63, 3.8) is 0 Å². The van der Waals surface area contributed by atoms with E-state index in [0.717, 1.165) is 24.8 Å². The van der Waals surface area contributed by atoms with E-state index in [9.17, 15) is 4.79 Å². The Hall–Kier alpha value is -1.97. The Bertz CT molecular complexity index is 591. The molecule has 1 aliphatic rings. The number of fused-ring (bicyclic) bond motifs is 1. The first-order chi connectivity index (χ1) is 8.77. The molecule has 0 unspecified atom stereocenters. The van der Waals surface area contributed by atoms with E-state index in [1.165, 1.54) is 0 Å². The highest BCUT2D eigenvalue weighted by molar-refractivity contribution is 6.03. The average Bonchev–Trinajstić information content (AvgIpc) is 2.83.